The Balaban J connectivity index is 1.49. The van der Waals surface area contributed by atoms with Crippen molar-refractivity contribution in [3.05, 3.63) is 46.7 Å². The van der Waals surface area contributed by atoms with E-state index < -0.39 is 11.4 Å². The van der Waals surface area contributed by atoms with Gasteiger partial charge in [-0.3, -0.25) is 14.7 Å². The average molecular weight is 452 g/mol. The number of carbonyl (C=O) groups is 2. The second-order valence-corrected chi connectivity index (χ2v) is 8.79. The van der Waals surface area contributed by atoms with E-state index in [1.54, 1.807) is 10.7 Å². The smallest absolute Gasteiger partial charge is 0.266 e. The summed E-state index contributed by atoms with van der Waals surface area (Å²) in [6.07, 6.45) is 5.38. The van der Waals surface area contributed by atoms with Gasteiger partial charge in [0, 0.05) is 30.4 Å². The molecule has 1 amide bonds. The van der Waals surface area contributed by atoms with Gasteiger partial charge in [0.15, 0.2) is 17.4 Å². The number of aromatic nitrogens is 6. The molecule has 5 rings (SSSR count). The molecule has 5 heterocycles. The summed E-state index contributed by atoms with van der Waals surface area (Å²) in [4.78, 5) is 35.6. The molecule has 0 saturated carbocycles. The fourth-order valence-electron chi connectivity index (χ4n) is 4.00. The predicted octanol–water partition coefficient (Wildman–Crippen LogP) is 1.92. The van der Waals surface area contributed by atoms with Gasteiger partial charge in [-0.1, -0.05) is 0 Å². The molecule has 1 atom stereocenters. The van der Waals surface area contributed by atoms with Crippen LogP contribution in [0, 0.1) is 0 Å². The molecule has 1 aliphatic rings. The lowest BCUT2D eigenvalue weighted by Crippen LogP contribution is -2.49. The van der Waals surface area contributed by atoms with Crippen molar-refractivity contribution in [1.82, 2.24) is 29.8 Å². The summed E-state index contributed by atoms with van der Waals surface area (Å²) in [5, 5.41) is 17.1. The number of thiazole rings is 1. The number of nitrogens with one attached hydrogen (secondary N) is 2. The molecule has 32 heavy (non-hydrogen) atoms. The number of carbonyl (C=O) groups excluding carboxylic acids is 2. The van der Waals surface area contributed by atoms with Gasteiger partial charge in [0.25, 0.3) is 5.91 Å². The molecule has 0 spiro atoms. The van der Waals surface area contributed by atoms with Crippen LogP contribution in [0.5, 0.6) is 0 Å². The van der Waals surface area contributed by atoms with Crippen LogP contribution in [0.4, 0.5) is 17.6 Å². The fraction of sp³-hybridized carbons (Fsp3) is 0.300. The first-order chi connectivity index (χ1) is 15.4. The van der Waals surface area contributed by atoms with E-state index in [1.807, 2.05) is 35.5 Å². The van der Waals surface area contributed by atoms with Crippen LogP contribution in [0.15, 0.2) is 36.0 Å². The molecule has 0 unspecified atom stereocenters. The van der Waals surface area contributed by atoms with Crippen LogP contribution < -0.4 is 16.0 Å². The van der Waals surface area contributed by atoms with Gasteiger partial charge < -0.3 is 16.0 Å². The molecule has 164 valence electrons. The number of amides is 1. The fourth-order valence-corrected chi connectivity index (χ4v) is 4.62. The lowest BCUT2D eigenvalue weighted by atomic mass is 9.91. The Labute approximate surface area is 186 Å². The predicted molar refractivity (Wildman–Crippen MR) is 119 cm³/mol. The summed E-state index contributed by atoms with van der Waals surface area (Å²) < 4.78 is 1.70. The molecule has 4 aromatic heterocycles. The third-order valence-corrected chi connectivity index (χ3v) is 6.53. The molecule has 0 aliphatic carbocycles. The zero-order chi connectivity index (χ0) is 22.3. The molecule has 1 fully saturated rings. The monoisotopic (exact) mass is 451 g/mol. The minimum atomic E-state index is -0.727. The molecule has 1 aliphatic heterocycles. The molecule has 1 saturated heterocycles. The first-order valence-electron chi connectivity index (χ1n) is 10.1. The van der Waals surface area contributed by atoms with Crippen molar-refractivity contribution in [1.29, 1.82) is 0 Å². The van der Waals surface area contributed by atoms with Crippen molar-refractivity contribution in [3.8, 4) is 0 Å². The van der Waals surface area contributed by atoms with Crippen molar-refractivity contribution >= 4 is 46.1 Å². The van der Waals surface area contributed by atoms with Gasteiger partial charge >= 0.3 is 0 Å². The van der Waals surface area contributed by atoms with Gasteiger partial charge in [-0.15, -0.1) is 16.4 Å². The zero-order valence-corrected chi connectivity index (χ0v) is 18.1. The Hall–Kier alpha value is -3.80. The first kappa shape index (κ1) is 20.1. The maximum absolute atomic E-state index is 13.3. The molecule has 12 heteroatoms. The highest BCUT2D eigenvalue weighted by atomic mass is 32.1. The minimum Gasteiger partial charge on any atom is -0.364 e. The highest BCUT2D eigenvalue weighted by Gasteiger charge is 2.44. The van der Waals surface area contributed by atoms with Crippen LogP contribution >= 0.6 is 11.3 Å². The Morgan fingerprint density at radius 2 is 2.28 bits per heavy atom. The summed E-state index contributed by atoms with van der Waals surface area (Å²) in [7, 11) is 0. The standard InChI is InChI=1S/C20H21N9O2S/c1-20(14(30)11-16-22-6-9-32-16)5-3-7-28(20)19-24-18(13-4-2-8-29(13)27-19)23-15-10-12(17(21)31)25-26-15/h2,4,6,8-10H,3,5,7,11H2,1H3,(H2,21,31)(H2,23,24,25,26,27)/t20-/m0/s1. The van der Waals surface area contributed by atoms with E-state index in [-0.39, 0.29) is 17.9 Å². The maximum atomic E-state index is 13.3. The minimum absolute atomic E-state index is 0.0917. The van der Waals surface area contributed by atoms with Crippen molar-refractivity contribution in [3.63, 3.8) is 0 Å². The van der Waals surface area contributed by atoms with Crippen LogP contribution in [0.3, 0.4) is 0 Å². The summed E-state index contributed by atoms with van der Waals surface area (Å²) in [5.74, 6) is 0.830. The van der Waals surface area contributed by atoms with Crippen LogP contribution in [-0.2, 0) is 11.2 Å². The quantitative estimate of drug-likeness (QED) is 0.386. The molecule has 4 aromatic rings. The van der Waals surface area contributed by atoms with Crippen LogP contribution in [0.25, 0.3) is 5.52 Å². The average Bonchev–Trinajstić information content (AvgIpc) is 3.55. The van der Waals surface area contributed by atoms with E-state index in [4.69, 9.17) is 10.7 Å². The normalized spacial score (nSPS) is 18.3. The molecule has 4 N–H and O–H groups in total. The number of H-pyrrole nitrogens is 1. The van der Waals surface area contributed by atoms with E-state index in [2.05, 4.69) is 25.6 Å². The van der Waals surface area contributed by atoms with Gasteiger partial charge in [-0.05, 0) is 31.9 Å². The van der Waals surface area contributed by atoms with E-state index in [1.165, 1.54) is 17.4 Å². The number of hydrogen-bond acceptors (Lipinski definition) is 9. The third kappa shape index (κ3) is 3.47. The van der Waals surface area contributed by atoms with Gasteiger partial charge in [0.05, 0.1) is 17.0 Å². The number of aromatic amines is 1. The number of nitrogens with zero attached hydrogens (tertiary/aromatic N) is 6. The molecular formula is C20H21N9O2S. The van der Waals surface area contributed by atoms with Gasteiger partial charge in [0.2, 0.25) is 5.95 Å². The number of fused-ring (bicyclic) bond motifs is 1. The van der Waals surface area contributed by atoms with Crippen molar-refractivity contribution < 1.29 is 9.59 Å². The lowest BCUT2D eigenvalue weighted by molar-refractivity contribution is -0.122. The molecule has 11 nitrogen and oxygen atoms in total. The highest BCUT2D eigenvalue weighted by Crippen LogP contribution is 2.35. The Bertz CT molecular complexity index is 1300. The summed E-state index contributed by atoms with van der Waals surface area (Å²) in [6, 6.07) is 5.24. The van der Waals surface area contributed by atoms with E-state index in [9.17, 15) is 9.59 Å². The number of rotatable bonds is 7. The topological polar surface area (TPSA) is 147 Å². The second-order valence-electron chi connectivity index (χ2n) is 7.81. The number of nitrogens with two attached hydrogens (primary N) is 1. The van der Waals surface area contributed by atoms with Crippen LogP contribution in [0.2, 0.25) is 0 Å². The first-order valence-corrected chi connectivity index (χ1v) is 11.0. The number of anilines is 3. The van der Waals surface area contributed by atoms with Gasteiger partial charge in [-0.25, -0.2) is 9.50 Å². The summed E-state index contributed by atoms with van der Waals surface area (Å²) in [5.41, 5.74) is 5.49. The summed E-state index contributed by atoms with van der Waals surface area (Å²) >= 11 is 1.48. The Morgan fingerprint density at radius 1 is 1.41 bits per heavy atom. The molecular weight excluding hydrogens is 430 g/mol. The number of ketones is 1. The number of hydrogen-bond donors (Lipinski definition) is 3. The van der Waals surface area contributed by atoms with Crippen molar-refractivity contribution in [2.75, 3.05) is 16.8 Å². The molecule has 0 aromatic carbocycles. The van der Waals surface area contributed by atoms with Crippen LogP contribution in [0.1, 0.15) is 35.3 Å². The molecule has 0 radical (unpaired) electrons. The van der Waals surface area contributed by atoms with E-state index in [0.29, 0.717) is 30.5 Å². The Kier molecular flexibility index (Phi) is 4.85. The SMILES string of the molecule is C[C@@]1(C(=O)Cc2nccs2)CCCN1c1nc(Nc2cc(C(N)=O)[nH]n2)c2cccn2n1. The maximum Gasteiger partial charge on any atom is 0.266 e. The summed E-state index contributed by atoms with van der Waals surface area (Å²) in [6.45, 7) is 2.61. The van der Waals surface area contributed by atoms with Crippen molar-refractivity contribution in [2.45, 2.75) is 31.7 Å². The van der Waals surface area contributed by atoms with Crippen molar-refractivity contribution in [2.24, 2.45) is 5.73 Å². The van der Waals surface area contributed by atoms with E-state index in [0.717, 1.165) is 16.9 Å². The third-order valence-electron chi connectivity index (χ3n) is 5.75. The largest absolute Gasteiger partial charge is 0.364 e. The zero-order valence-electron chi connectivity index (χ0n) is 17.3. The Morgan fingerprint density at radius 3 is 3.03 bits per heavy atom. The van der Waals surface area contributed by atoms with E-state index >= 15 is 0 Å². The van der Waals surface area contributed by atoms with Gasteiger partial charge in [-0.2, -0.15) is 10.1 Å². The lowest BCUT2D eigenvalue weighted by Gasteiger charge is -2.33. The number of primary amides is 1. The van der Waals surface area contributed by atoms with Gasteiger partial charge in [0.1, 0.15) is 11.2 Å². The van der Waals surface area contributed by atoms with Crippen LogP contribution in [-0.4, -0.2) is 53.6 Å². The number of Topliss-reactive ketones (excluding diaryl/α,β-unsaturated/α-hetero) is 1. The molecule has 0 bridgehead atoms. The highest BCUT2D eigenvalue weighted by molar-refractivity contribution is 7.09. The second kappa shape index (κ2) is 7.71.